The number of hydrogen-bond acceptors (Lipinski definition) is 4. The zero-order valence-electron chi connectivity index (χ0n) is 17.6. The summed E-state index contributed by atoms with van der Waals surface area (Å²) < 4.78 is 11.1. The number of piperidine rings is 1. The maximum absolute atomic E-state index is 12.7. The van der Waals surface area contributed by atoms with E-state index in [0.717, 1.165) is 18.4 Å². The van der Waals surface area contributed by atoms with E-state index in [0.29, 0.717) is 19.3 Å². The summed E-state index contributed by atoms with van der Waals surface area (Å²) in [4.78, 5) is 27.1. The molecule has 2 bridgehead atoms. The van der Waals surface area contributed by atoms with Crippen molar-refractivity contribution in [3.05, 3.63) is 48.6 Å². The molecule has 0 radical (unpaired) electrons. The molecule has 2 heterocycles. The lowest BCUT2D eigenvalue weighted by Gasteiger charge is -2.46. The van der Waals surface area contributed by atoms with Crippen molar-refractivity contribution in [2.24, 2.45) is 0 Å². The minimum atomic E-state index is -0.522. The van der Waals surface area contributed by atoms with Gasteiger partial charge in [0, 0.05) is 12.1 Å². The summed E-state index contributed by atoms with van der Waals surface area (Å²) in [5.41, 5.74) is -0.0221. The lowest BCUT2D eigenvalue weighted by molar-refractivity contribution is -0.00399. The number of hydrogen-bond donors (Lipinski definition) is 1. The van der Waals surface area contributed by atoms with E-state index in [9.17, 15) is 9.59 Å². The van der Waals surface area contributed by atoms with Crippen LogP contribution in [-0.2, 0) is 16.1 Å². The molecule has 0 aromatic heterocycles. The fourth-order valence-electron chi connectivity index (χ4n) is 4.53. The Morgan fingerprint density at radius 3 is 2.38 bits per heavy atom. The second kappa shape index (κ2) is 8.47. The molecule has 0 spiro atoms. The van der Waals surface area contributed by atoms with Crippen molar-refractivity contribution in [1.82, 2.24) is 10.2 Å². The Hall–Kier alpha value is -2.50. The van der Waals surface area contributed by atoms with E-state index in [1.165, 1.54) is 0 Å². The van der Waals surface area contributed by atoms with E-state index in [-0.39, 0.29) is 24.8 Å². The highest BCUT2D eigenvalue weighted by molar-refractivity contribution is 5.71. The number of rotatable bonds is 5. The first-order valence-corrected chi connectivity index (χ1v) is 10.3. The number of benzene rings is 1. The number of carbonyl (C=O) groups excluding carboxylic acids is 2. The molecule has 2 aliphatic rings. The standard InChI is InChI=1S/C23H32N2O4/c1-5-13-23(24-20(26)28-16-17-9-7-6-8-10-17)14-18-11-12-19(15-23)25(18)21(27)29-22(2,3)4/h5-10,18-19H,1,11-16H2,2-4H3,(H,24,26). The minimum absolute atomic E-state index is 0.0537. The minimum Gasteiger partial charge on any atom is -0.445 e. The lowest BCUT2D eigenvalue weighted by atomic mass is 9.80. The summed E-state index contributed by atoms with van der Waals surface area (Å²) in [5, 5.41) is 3.10. The molecule has 2 unspecified atom stereocenters. The van der Waals surface area contributed by atoms with Crippen LogP contribution in [0, 0.1) is 0 Å². The van der Waals surface area contributed by atoms with Crippen LogP contribution in [0.5, 0.6) is 0 Å². The van der Waals surface area contributed by atoms with E-state index in [1.807, 2.05) is 62.1 Å². The van der Waals surface area contributed by atoms with Gasteiger partial charge in [-0.25, -0.2) is 9.59 Å². The topological polar surface area (TPSA) is 67.9 Å². The maximum Gasteiger partial charge on any atom is 0.410 e. The van der Waals surface area contributed by atoms with Crippen molar-refractivity contribution in [3.8, 4) is 0 Å². The van der Waals surface area contributed by atoms with Gasteiger partial charge in [0.2, 0.25) is 0 Å². The molecule has 0 saturated carbocycles. The smallest absolute Gasteiger partial charge is 0.410 e. The van der Waals surface area contributed by atoms with E-state index < -0.39 is 17.2 Å². The zero-order chi connectivity index (χ0) is 21.1. The van der Waals surface area contributed by atoms with Gasteiger partial charge in [0.15, 0.2) is 0 Å². The summed E-state index contributed by atoms with van der Waals surface area (Å²) >= 11 is 0. The van der Waals surface area contributed by atoms with Crippen LogP contribution in [-0.4, -0.2) is 40.3 Å². The predicted molar refractivity (Wildman–Crippen MR) is 111 cm³/mol. The van der Waals surface area contributed by atoms with Crippen molar-refractivity contribution in [3.63, 3.8) is 0 Å². The van der Waals surface area contributed by atoms with Gasteiger partial charge in [-0.05, 0) is 58.4 Å². The van der Waals surface area contributed by atoms with Gasteiger partial charge in [-0.3, -0.25) is 0 Å². The molecule has 6 nitrogen and oxygen atoms in total. The third-order valence-electron chi connectivity index (χ3n) is 5.59. The van der Waals surface area contributed by atoms with Crippen LogP contribution in [0.4, 0.5) is 9.59 Å². The second-order valence-electron chi connectivity index (χ2n) is 9.14. The highest BCUT2D eigenvalue weighted by Gasteiger charge is 2.51. The van der Waals surface area contributed by atoms with Gasteiger partial charge in [-0.15, -0.1) is 6.58 Å². The summed E-state index contributed by atoms with van der Waals surface area (Å²) in [6.45, 7) is 9.74. The zero-order valence-corrected chi connectivity index (χ0v) is 17.6. The molecule has 2 amide bonds. The van der Waals surface area contributed by atoms with Crippen LogP contribution < -0.4 is 5.32 Å². The fraction of sp³-hybridized carbons (Fsp3) is 0.565. The first kappa shape index (κ1) is 21.2. The van der Waals surface area contributed by atoms with Crippen LogP contribution >= 0.6 is 0 Å². The first-order valence-electron chi connectivity index (χ1n) is 10.3. The molecule has 0 aliphatic carbocycles. The van der Waals surface area contributed by atoms with Crippen LogP contribution in [0.25, 0.3) is 0 Å². The first-order chi connectivity index (χ1) is 13.7. The third-order valence-corrected chi connectivity index (χ3v) is 5.59. The monoisotopic (exact) mass is 400 g/mol. The molecule has 1 aromatic carbocycles. The average Bonchev–Trinajstić information content (AvgIpc) is 2.92. The summed E-state index contributed by atoms with van der Waals surface area (Å²) in [6.07, 6.45) is 4.98. The van der Waals surface area contributed by atoms with E-state index in [2.05, 4.69) is 11.9 Å². The van der Waals surface area contributed by atoms with Gasteiger partial charge in [0.1, 0.15) is 12.2 Å². The molecule has 2 atom stereocenters. The number of fused-ring (bicyclic) bond motifs is 2. The molecular formula is C23H32N2O4. The van der Waals surface area contributed by atoms with Crippen molar-refractivity contribution >= 4 is 12.2 Å². The summed E-state index contributed by atoms with van der Waals surface area (Å²) in [6, 6.07) is 9.71. The van der Waals surface area contributed by atoms with Gasteiger partial charge < -0.3 is 19.7 Å². The highest BCUT2D eigenvalue weighted by Crippen LogP contribution is 2.43. The number of carbonyl (C=O) groups is 2. The van der Waals surface area contributed by atoms with E-state index in [1.54, 1.807) is 0 Å². The van der Waals surface area contributed by atoms with Gasteiger partial charge >= 0.3 is 12.2 Å². The third kappa shape index (κ3) is 5.31. The Morgan fingerprint density at radius 2 is 1.83 bits per heavy atom. The second-order valence-corrected chi connectivity index (χ2v) is 9.14. The molecule has 2 fully saturated rings. The van der Waals surface area contributed by atoms with Crippen LogP contribution in [0.3, 0.4) is 0 Å². The van der Waals surface area contributed by atoms with Crippen LogP contribution in [0.1, 0.15) is 58.4 Å². The Balaban J connectivity index is 1.65. The number of nitrogens with one attached hydrogen (secondary N) is 1. The van der Waals surface area contributed by atoms with Crippen LogP contribution in [0.15, 0.2) is 43.0 Å². The normalized spacial score (nSPS) is 26.0. The molecule has 2 aliphatic heterocycles. The fourth-order valence-corrected chi connectivity index (χ4v) is 4.53. The van der Waals surface area contributed by atoms with Gasteiger partial charge in [-0.1, -0.05) is 36.4 Å². The quantitative estimate of drug-likeness (QED) is 0.722. The van der Waals surface area contributed by atoms with Crippen molar-refractivity contribution in [2.45, 2.75) is 82.7 Å². The Bertz CT molecular complexity index is 727. The van der Waals surface area contributed by atoms with E-state index in [4.69, 9.17) is 9.47 Å². The summed E-state index contributed by atoms with van der Waals surface area (Å²) in [7, 11) is 0. The van der Waals surface area contributed by atoms with E-state index >= 15 is 0 Å². The van der Waals surface area contributed by atoms with Crippen molar-refractivity contribution < 1.29 is 19.1 Å². The molecule has 1 N–H and O–H groups in total. The molecule has 2 saturated heterocycles. The lowest BCUT2D eigenvalue weighted by Crippen LogP contribution is -2.60. The molecule has 6 heteroatoms. The van der Waals surface area contributed by atoms with Crippen LogP contribution in [0.2, 0.25) is 0 Å². The SMILES string of the molecule is C=CCC1(NC(=O)OCc2ccccc2)CC2CCC(C1)N2C(=O)OC(C)(C)C. The maximum atomic E-state index is 12.7. The number of nitrogens with zero attached hydrogens (tertiary/aromatic N) is 1. The Labute approximate surface area is 173 Å². The summed E-state index contributed by atoms with van der Waals surface area (Å²) in [5.74, 6) is 0. The Kier molecular flexibility index (Phi) is 6.20. The molecular weight excluding hydrogens is 368 g/mol. The van der Waals surface area contributed by atoms with Gasteiger partial charge in [-0.2, -0.15) is 0 Å². The highest BCUT2D eigenvalue weighted by atomic mass is 16.6. The largest absolute Gasteiger partial charge is 0.445 e. The molecule has 1 aromatic rings. The predicted octanol–water partition coefficient (Wildman–Crippen LogP) is 4.79. The molecule has 158 valence electrons. The van der Waals surface area contributed by atoms with Crippen molar-refractivity contribution in [2.75, 3.05) is 0 Å². The van der Waals surface area contributed by atoms with Gasteiger partial charge in [0.25, 0.3) is 0 Å². The van der Waals surface area contributed by atoms with Gasteiger partial charge in [0.05, 0.1) is 5.54 Å². The molecule has 3 rings (SSSR count). The number of amides is 2. The number of alkyl carbamates (subject to hydrolysis) is 1. The Morgan fingerprint density at radius 1 is 1.21 bits per heavy atom. The average molecular weight is 401 g/mol. The number of ether oxygens (including phenoxy) is 2. The molecule has 29 heavy (non-hydrogen) atoms. The van der Waals surface area contributed by atoms with Crippen molar-refractivity contribution in [1.29, 1.82) is 0 Å².